The summed E-state index contributed by atoms with van der Waals surface area (Å²) >= 11 is 3.45. The van der Waals surface area contributed by atoms with Crippen LogP contribution in [-0.4, -0.2) is 6.04 Å². The second-order valence-corrected chi connectivity index (χ2v) is 6.60. The quantitative estimate of drug-likeness (QED) is 0.800. The van der Waals surface area contributed by atoms with Crippen LogP contribution < -0.4 is 5.32 Å². The molecule has 1 fully saturated rings. The predicted molar refractivity (Wildman–Crippen MR) is 81.7 cm³/mol. The molecule has 1 aliphatic rings. The van der Waals surface area contributed by atoms with E-state index in [1.54, 1.807) is 6.07 Å². The van der Waals surface area contributed by atoms with Gasteiger partial charge in [-0.25, -0.2) is 4.39 Å². The Kier molecular flexibility index (Phi) is 5.40. The lowest BCUT2D eigenvalue weighted by atomic mass is 9.84. The Bertz CT molecular complexity index is 415. The summed E-state index contributed by atoms with van der Waals surface area (Å²) in [6.07, 6.45) is 6.80. The summed E-state index contributed by atoms with van der Waals surface area (Å²) in [4.78, 5) is 0. The van der Waals surface area contributed by atoms with Gasteiger partial charge in [0, 0.05) is 16.6 Å². The van der Waals surface area contributed by atoms with Crippen molar-refractivity contribution >= 4 is 15.9 Å². The molecule has 1 saturated carbocycles. The zero-order valence-electron chi connectivity index (χ0n) is 11.8. The SMILES string of the molecule is CC(N[C@H](C)C1CCCCC1)c1ccc(F)cc1Br. The summed E-state index contributed by atoms with van der Waals surface area (Å²) in [5.74, 6) is 0.596. The smallest absolute Gasteiger partial charge is 0.124 e. The van der Waals surface area contributed by atoms with Crippen molar-refractivity contribution in [3.8, 4) is 0 Å². The van der Waals surface area contributed by atoms with Gasteiger partial charge >= 0.3 is 0 Å². The van der Waals surface area contributed by atoms with Crippen LogP contribution in [0.4, 0.5) is 4.39 Å². The molecule has 1 N–H and O–H groups in total. The van der Waals surface area contributed by atoms with Gasteiger partial charge in [-0.3, -0.25) is 0 Å². The molecule has 1 nitrogen and oxygen atoms in total. The summed E-state index contributed by atoms with van der Waals surface area (Å²) in [6, 6.07) is 5.70. The first-order chi connectivity index (χ1) is 9.08. The molecular formula is C16H23BrFN. The van der Waals surface area contributed by atoms with Crippen LogP contribution in [0.3, 0.4) is 0 Å². The van der Waals surface area contributed by atoms with Crippen molar-refractivity contribution in [3.63, 3.8) is 0 Å². The van der Waals surface area contributed by atoms with Crippen LogP contribution in [0.5, 0.6) is 0 Å². The van der Waals surface area contributed by atoms with E-state index in [9.17, 15) is 4.39 Å². The van der Waals surface area contributed by atoms with Crippen molar-refractivity contribution in [2.75, 3.05) is 0 Å². The van der Waals surface area contributed by atoms with Crippen LogP contribution in [0.25, 0.3) is 0 Å². The van der Waals surface area contributed by atoms with Crippen LogP contribution in [0, 0.1) is 11.7 Å². The van der Waals surface area contributed by atoms with Gasteiger partial charge in [-0.1, -0.05) is 41.3 Å². The third-order valence-corrected chi connectivity index (χ3v) is 4.99. The number of nitrogens with one attached hydrogen (secondary N) is 1. The van der Waals surface area contributed by atoms with Gasteiger partial charge in [0.1, 0.15) is 5.82 Å². The molecule has 0 saturated heterocycles. The van der Waals surface area contributed by atoms with E-state index in [1.807, 2.05) is 6.07 Å². The van der Waals surface area contributed by atoms with Gasteiger partial charge in [-0.05, 0) is 50.3 Å². The number of hydrogen-bond donors (Lipinski definition) is 1. The number of benzene rings is 1. The molecule has 2 atom stereocenters. The standard InChI is InChI=1S/C16H23BrFN/c1-11(13-6-4-3-5-7-13)19-12(2)15-9-8-14(18)10-16(15)17/h8-13,19H,3-7H2,1-2H3/t11-,12?/m1/s1. The van der Waals surface area contributed by atoms with Gasteiger partial charge in [-0.2, -0.15) is 0 Å². The van der Waals surface area contributed by atoms with Crippen LogP contribution in [0.1, 0.15) is 57.6 Å². The summed E-state index contributed by atoms with van der Waals surface area (Å²) < 4.78 is 14.0. The van der Waals surface area contributed by atoms with E-state index < -0.39 is 0 Å². The Hall–Kier alpha value is -0.410. The molecule has 0 bridgehead atoms. The average molecular weight is 328 g/mol. The second-order valence-electron chi connectivity index (χ2n) is 5.74. The number of hydrogen-bond acceptors (Lipinski definition) is 1. The Balaban J connectivity index is 1.97. The molecule has 1 aliphatic carbocycles. The van der Waals surface area contributed by atoms with Crippen molar-refractivity contribution < 1.29 is 4.39 Å². The third kappa shape index (κ3) is 4.03. The first-order valence-electron chi connectivity index (χ1n) is 7.29. The lowest BCUT2D eigenvalue weighted by Gasteiger charge is -2.31. The summed E-state index contributed by atoms with van der Waals surface area (Å²) in [5, 5.41) is 3.67. The van der Waals surface area contributed by atoms with E-state index in [2.05, 4.69) is 35.1 Å². The highest BCUT2D eigenvalue weighted by Gasteiger charge is 2.22. The highest BCUT2D eigenvalue weighted by Crippen LogP contribution is 2.29. The molecule has 1 aromatic carbocycles. The van der Waals surface area contributed by atoms with E-state index in [0.29, 0.717) is 6.04 Å². The molecule has 3 heteroatoms. The van der Waals surface area contributed by atoms with Gasteiger partial charge < -0.3 is 5.32 Å². The summed E-state index contributed by atoms with van der Waals surface area (Å²) in [7, 11) is 0. The highest BCUT2D eigenvalue weighted by atomic mass is 79.9. The Morgan fingerprint density at radius 3 is 2.53 bits per heavy atom. The van der Waals surface area contributed by atoms with Crippen LogP contribution in [0.2, 0.25) is 0 Å². The normalized spacial score (nSPS) is 20.2. The van der Waals surface area contributed by atoms with Crippen molar-refractivity contribution in [2.24, 2.45) is 5.92 Å². The maximum absolute atomic E-state index is 13.1. The fourth-order valence-electron chi connectivity index (χ4n) is 3.11. The number of rotatable bonds is 4. The minimum atomic E-state index is -0.192. The lowest BCUT2D eigenvalue weighted by Crippen LogP contribution is -2.36. The zero-order chi connectivity index (χ0) is 13.8. The van der Waals surface area contributed by atoms with Crippen LogP contribution in [0.15, 0.2) is 22.7 Å². The first-order valence-corrected chi connectivity index (χ1v) is 8.08. The van der Waals surface area contributed by atoms with E-state index >= 15 is 0 Å². The molecule has 0 heterocycles. The fraction of sp³-hybridized carbons (Fsp3) is 0.625. The monoisotopic (exact) mass is 327 g/mol. The topological polar surface area (TPSA) is 12.0 Å². The van der Waals surface area contributed by atoms with E-state index in [0.717, 1.165) is 16.0 Å². The molecule has 0 spiro atoms. The molecule has 0 radical (unpaired) electrons. The van der Waals surface area contributed by atoms with Crippen molar-refractivity contribution in [1.29, 1.82) is 0 Å². The van der Waals surface area contributed by atoms with E-state index in [1.165, 1.54) is 38.2 Å². The first kappa shape index (κ1) is 15.0. The Morgan fingerprint density at radius 2 is 1.89 bits per heavy atom. The molecule has 2 rings (SSSR count). The molecule has 106 valence electrons. The molecular weight excluding hydrogens is 305 g/mol. The van der Waals surface area contributed by atoms with Crippen LogP contribution >= 0.6 is 15.9 Å². The van der Waals surface area contributed by atoms with Gasteiger partial charge in [0.25, 0.3) is 0 Å². The molecule has 1 unspecified atom stereocenters. The predicted octanol–water partition coefficient (Wildman–Crippen LogP) is 5.21. The maximum atomic E-state index is 13.1. The Labute approximate surface area is 124 Å². The highest BCUT2D eigenvalue weighted by molar-refractivity contribution is 9.10. The Morgan fingerprint density at radius 1 is 1.21 bits per heavy atom. The van der Waals surface area contributed by atoms with Crippen molar-refractivity contribution in [3.05, 3.63) is 34.1 Å². The minimum Gasteiger partial charge on any atom is -0.307 e. The molecule has 19 heavy (non-hydrogen) atoms. The van der Waals surface area contributed by atoms with Crippen LogP contribution in [-0.2, 0) is 0 Å². The zero-order valence-corrected chi connectivity index (χ0v) is 13.3. The fourth-order valence-corrected chi connectivity index (χ4v) is 3.80. The van der Waals surface area contributed by atoms with Gasteiger partial charge in [0.05, 0.1) is 0 Å². The lowest BCUT2D eigenvalue weighted by molar-refractivity contribution is 0.268. The van der Waals surface area contributed by atoms with Crippen molar-refractivity contribution in [1.82, 2.24) is 5.32 Å². The van der Waals surface area contributed by atoms with Gasteiger partial charge in [0.15, 0.2) is 0 Å². The molecule has 0 amide bonds. The summed E-state index contributed by atoms with van der Waals surface area (Å²) in [5.41, 5.74) is 1.13. The third-order valence-electron chi connectivity index (χ3n) is 4.30. The summed E-state index contributed by atoms with van der Waals surface area (Å²) in [6.45, 7) is 4.43. The molecule has 1 aromatic rings. The van der Waals surface area contributed by atoms with Gasteiger partial charge in [0.2, 0.25) is 0 Å². The largest absolute Gasteiger partial charge is 0.307 e. The second kappa shape index (κ2) is 6.85. The van der Waals surface area contributed by atoms with Gasteiger partial charge in [-0.15, -0.1) is 0 Å². The number of halogens is 2. The molecule has 0 aliphatic heterocycles. The molecule has 0 aromatic heterocycles. The minimum absolute atomic E-state index is 0.192. The average Bonchev–Trinajstić information content (AvgIpc) is 2.39. The van der Waals surface area contributed by atoms with E-state index in [-0.39, 0.29) is 11.9 Å². The van der Waals surface area contributed by atoms with E-state index in [4.69, 9.17) is 0 Å². The van der Waals surface area contributed by atoms with Crippen molar-refractivity contribution in [2.45, 2.75) is 58.0 Å². The maximum Gasteiger partial charge on any atom is 0.124 e.